The van der Waals surface area contributed by atoms with Crippen LogP contribution in [0, 0.1) is 0 Å². The molecule has 0 saturated heterocycles. The Bertz CT molecular complexity index is 560. The highest BCUT2D eigenvalue weighted by Gasteiger charge is 2.35. The molecule has 104 valence electrons. The normalized spacial score (nSPS) is 16.5. The summed E-state index contributed by atoms with van der Waals surface area (Å²) in [5, 5.41) is 5.01. The van der Waals surface area contributed by atoms with Crippen molar-refractivity contribution in [1.82, 2.24) is 5.32 Å². The van der Waals surface area contributed by atoms with E-state index in [0.717, 1.165) is 23.2 Å². The maximum absolute atomic E-state index is 6.00. The van der Waals surface area contributed by atoms with Crippen LogP contribution in [-0.2, 0) is 4.74 Å². The van der Waals surface area contributed by atoms with E-state index in [9.17, 15) is 0 Å². The highest BCUT2D eigenvalue weighted by atomic mass is 35.5. The van der Waals surface area contributed by atoms with Crippen molar-refractivity contribution in [2.45, 2.75) is 31.9 Å². The minimum absolute atomic E-state index is 0.00586. The first-order chi connectivity index (χ1) is 9.04. The van der Waals surface area contributed by atoms with Gasteiger partial charge in [0.05, 0.1) is 11.6 Å². The number of halogens is 1. The van der Waals surface area contributed by atoms with Crippen molar-refractivity contribution in [2.24, 2.45) is 0 Å². The van der Waals surface area contributed by atoms with E-state index in [4.69, 9.17) is 20.8 Å². The first kappa shape index (κ1) is 14.4. The average Bonchev–Trinajstić information content (AvgIpc) is 2.81. The lowest BCUT2D eigenvalue weighted by molar-refractivity contribution is -0.0329. The number of furan rings is 1. The Kier molecular flexibility index (Phi) is 4.19. The van der Waals surface area contributed by atoms with Crippen LogP contribution in [0.3, 0.4) is 0 Å². The molecule has 0 bridgehead atoms. The van der Waals surface area contributed by atoms with Crippen molar-refractivity contribution in [3.05, 3.63) is 35.0 Å². The zero-order valence-corrected chi connectivity index (χ0v) is 12.5. The lowest BCUT2D eigenvalue weighted by atomic mass is 9.91. The summed E-state index contributed by atoms with van der Waals surface area (Å²) in [7, 11) is 3.64. The molecule has 19 heavy (non-hydrogen) atoms. The summed E-state index contributed by atoms with van der Waals surface area (Å²) in [6.07, 6.45) is 0.882. The second kappa shape index (κ2) is 5.53. The number of methoxy groups -OCH3 is 1. The Balaban J connectivity index is 2.46. The van der Waals surface area contributed by atoms with Gasteiger partial charge in [-0.25, -0.2) is 0 Å². The van der Waals surface area contributed by atoms with Gasteiger partial charge in [0.1, 0.15) is 11.3 Å². The summed E-state index contributed by atoms with van der Waals surface area (Å²) in [4.78, 5) is 0. The van der Waals surface area contributed by atoms with Gasteiger partial charge < -0.3 is 14.5 Å². The highest BCUT2D eigenvalue weighted by molar-refractivity contribution is 6.31. The number of hydrogen-bond donors (Lipinski definition) is 1. The van der Waals surface area contributed by atoms with Crippen molar-refractivity contribution in [3.8, 4) is 0 Å². The topological polar surface area (TPSA) is 34.4 Å². The predicted octanol–water partition coefficient (Wildman–Crippen LogP) is 4.16. The van der Waals surface area contributed by atoms with Crippen molar-refractivity contribution >= 4 is 22.6 Å². The molecule has 1 heterocycles. The van der Waals surface area contributed by atoms with E-state index >= 15 is 0 Å². The third kappa shape index (κ3) is 2.64. The zero-order chi connectivity index (χ0) is 14.0. The molecule has 0 fully saturated rings. The van der Waals surface area contributed by atoms with Gasteiger partial charge in [-0.15, -0.1) is 0 Å². The summed E-state index contributed by atoms with van der Waals surface area (Å²) in [6, 6.07) is 7.65. The lowest BCUT2D eigenvalue weighted by Crippen LogP contribution is -2.41. The van der Waals surface area contributed by atoms with Crippen LogP contribution in [0.4, 0.5) is 0 Å². The van der Waals surface area contributed by atoms with E-state index in [-0.39, 0.29) is 11.6 Å². The van der Waals surface area contributed by atoms with E-state index in [1.807, 2.05) is 31.3 Å². The molecule has 1 N–H and O–H groups in total. The van der Waals surface area contributed by atoms with Gasteiger partial charge in [-0.05, 0) is 44.7 Å². The predicted molar refractivity (Wildman–Crippen MR) is 78.7 cm³/mol. The van der Waals surface area contributed by atoms with Crippen LogP contribution in [0.5, 0.6) is 0 Å². The number of fused-ring (bicyclic) bond motifs is 1. The van der Waals surface area contributed by atoms with E-state index in [1.54, 1.807) is 7.11 Å². The third-order valence-electron chi connectivity index (χ3n) is 3.85. The van der Waals surface area contributed by atoms with Crippen molar-refractivity contribution in [3.63, 3.8) is 0 Å². The summed E-state index contributed by atoms with van der Waals surface area (Å²) >= 11 is 6.00. The van der Waals surface area contributed by atoms with Crippen molar-refractivity contribution < 1.29 is 9.15 Å². The molecule has 0 radical (unpaired) electrons. The first-order valence-corrected chi connectivity index (χ1v) is 6.83. The Morgan fingerprint density at radius 2 is 2.16 bits per heavy atom. The number of benzene rings is 1. The molecule has 2 atom stereocenters. The molecule has 1 aromatic heterocycles. The Hall–Kier alpha value is -1.03. The quantitative estimate of drug-likeness (QED) is 0.893. The second-order valence-electron chi connectivity index (χ2n) is 4.92. The van der Waals surface area contributed by atoms with Crippen molar-refractivity contribution in [1.29, 1.82) is 0 Å². The molecule has 0 saturated carbocycles. The van der Waals surface area contributed by atoms with Crippen LogP contribution in [0.2, 0.25) is 5.02 Å². The molecule has 0 aliphatic rings. The number of nitrogens with one attached hydrogen (secondary N) is 1. The number of rotatable bonds is 5. The number of likely N-dealkylation sites (N-methyl/N-ethyl adjacent to an activating group) is 1. The van der Waals surface area contributed by atoms with Gasteiger partial charge >= 0.3 is 0 Å². The monoisotopic (exact) mass is 281 g/mol. The van der Waals surface area contributed by atoms with Gasteiger partial charge in [0, 0.05) is 17.5 Å². The molecule has 3 nitrogen and oxygen atoms in total. The Labute approximate surface area is 118 Å². The van der Waals surface area contributed by atoms with E-state index in [1.165, 1.54) is 0 Å². The smallest absolute Gasteiger partial charge is 0.134 e. The fraction of sp³-hybridized carbons (Fsp3) is 0.467. The Morgan fingerprint density at radius 3 is 2.74 bits per heavy atom. The van der Waals surface area contributed by atoms with E-state index in [0.29, 0.717) is 5.02 Å². The van der Waals surface area contributed by atoms with Crippen LogP contribution in [0.25, 0.3) is 11.0 Å². The Morgan fingerprint density at radius 1 is 1.42 bits per heavy atom. The van der Waals surface area contributed by atoms with Gasteiger partial charge in [0.25, 0.3) is 0 Å². The largest absolute Gasteiger partial charge is 0.459 e. The first-order valence-electron chi connectivity index (χ1n) is 6.45. The van der Waals surface area contributed by atoms with Gasteiger partial charge in [-0.1, -0.05) is 18.5 Å². The van der Waals surface area contributed by atoms with Crippen molar-refractivity contribution in [2.75, 3.05) is 14.2 Å². The highest BCUT2D eigenvalue weighted by Crippen LogP contribution is 2.35. The molecule has 2 rings (SSSR count). The SMILES string of the molecule is CCC(C)(OC)C(NC)c1cc2cc(Cl)ccc2o1. The molecule has 0 amide bonds. The average molecular weight is 282 g/mol. The maximum atomic E-state index is 6.00. The maximum Gasteiger partial charge on any atom is 0.134 e. The lowest BCUT2D eigenvalue weighted by Gasteiger charge is -2.34. The summed E-state index contributed by atoms with van der Waals surface area (Å²) in [6.45, 7) is 4.18. The van der Waals surface area contributed by atoms with Gasteiger partial charge in [0.15, 0.2) is 0 Å². The molecular weight excluding hydrogens is 262 g/mol. The molecule has 2 unspecified atom stereocenters. The summed E-state index contributed by atoms with van der Waals surface area (Å²) in [5.41, 5.74) is 0.529. The molecule has 0 aliphatic heterocycles. The molecule has 2 aromatic rings. The van der Waals surface area contributed by atoms with E-state index < -0.39 is 0 Å². The van der Waals surface area contributed by atoms with Crippen LogP contribution >= 0.6 is 11.6 Å². The van der Waals surface area contributed by atoms with Crippen LogP contribution in [-0.4, -0.2) is 19.8 Å². The summed E-state index contributed by atoms with van der Waals surface area (Å²) < 4.78 is 11.6. The third-order valence-corrected chi connectivity index (χ3v) is 4.08. The molecule has 0 spiro atoms. The zero-order valence-electron chi connectivity index (χ0n) is 11.8. The second-order valence-corrected chi connectivity index (χ2v) is 5.36. The fourth-order valence-electron chi connectivity index (χ4n) is 2.39. The summed E-state index contributed by atoms with van der Waals surface area (Å²) in [5.74, 6) is 0.867. The molecule has 1 aromatic carbocycles. The minimum Gasteiger partial charge on any atom is -0.459 e. The molecular formula is C15H20ClNO2. The van der Waals surface area contributed by atoms with Gasteiger partial charge in [0.2, 0.25) is 0 Å². The molecule has 4 heteroatoms. The standard InChI is InChI=1S/C15H20ClNO2/c1-5-15(2,18-4)14(17-3)13-9-10-8-11(16)6-7-12(10)19-13/h6-9,14,17H,5H2,1-4H3. The minimum atomic E-state index is -0.313. The van der Waals surface area contributed by atoms with Crippen LogP contribution in [0.15, 0.2) is 28.7 Å². The van der Waals surface area contributed by atoms with Crippen LogP contribution in [0.1, 0.15) is 32.1 Å². The molecule has 0 aliphatic carbocycles. The van der Waals surface area contributed by atoms with Gasteiger partial charge in [-0.2, -0.15) is 0 Å². The fourth-order valence-corrected chi connectivity index (χ4v) is 2.57. The van der Waals surface area contributed by atoms with Gasteiger partial charge in [-0.3, -0.25) is 0 Å². The number of ether oxygens (including phenoxy) is 1. The van der Waals surface area contributed by atoms with Crippen LogP contribution < -0.4 is 5.32 Å². The van der Waals surface area contributed by atoms with E-state index in [2.05, 4.69) is 19.2 Å². The number of hydrogen-bond acceptors (Lipinski definition) is 3.